The van der Waals surface area contributed by atoms with E-state index in [9.17, 15) is 19.5 Å². The van der Waals surface area contributed by atoms with Gasteiger partial charge in [0.25, 0.3) is 0 Å². The summed E-state index contributed by atoms with van der Waals surface area (Å²) in [5.74, 6) is -1.33. The van der Waals surface area contributed by atoms with Crippen molar-refractivity contribution in [2.24, 2.45) is 5.41 Å². The summed E-state index contributed by atoms with van der Waals surface area (Å²) in [6.45, 7) is 4.52. The standard InChI is InChI=1S/C27H35N3O5/c1-27(2,25(33)30(17-24(31)32)16-15-29(3)4)13-14-28-26(34)35-18-23-21-11-7-5-9-19(21)20-10-6-8-12-22(20)23/h5-12,23H,13-18H2,1-4H3,(H,28,34)(H,31,32). The predicted molar refractivity (Wildman–Crippen MR) is 134 cm³/mol. The molecule has 1 aliphatic rings. The van der Waals surface area contributed by atoms with Crippen molar-refractivity contribution in [1.82, 2.24) is 15.1 Å². The molecule has 188 valence electrons. The minimum atomic E-state index is -1.05. The Morgan fingerprint density at radius 2 is 1.54 bits per heavy atom. The maximum Gasteiger partial charge on any atom is 0.407 e. The summed E-state index contributed by atoms with van der Waals surface area (Å²) >= 11 is 0. The van der Waals surface area contributed by atoms with E-state index in [1.165, 1.54) is 4.90 Å². The second kappa shape index (κ2) is 11.4. The second-order valence-electron chi connectivity index (χ2n) is 9.81. The van der Waals surface area contributed by atoms with E-state index in [1.807, 2.05) is 43.3 Å². The number of nitrogens with one attached hydrogen (secondary N) is 1. The molecule has 2 aromatic rings. The third kappa shape index (κ3) is 6.60. The maximum atomic E-state index is 13.0. The number of nitrogens with zero attached hydrogens (tertiary/aromatic N) is 2. The molecule has 0 bridgehead atoms. The van der Waals surface area contributed by atoms with Crippen LogP contribution < -0.4 is 5.32 Å². The van der Waals surface area contributed by atoms with E-state index in [0.717, 1.165) is 22.3 Å². The molecule has 0 saturated heterocycles. The van der Waals surface area contributed by atoms with Gasteiger partial charge in [-0.1, -0.05) is 62.4 Å². The van der Waals surface area contributed by atoms with Crippen molar-refractivity contribution in [3.05, 3.63) is 59.7 Å². The van der Waals surface area contributed by atoms with Crippen LogP contribution in [0.4, 0.5) is 4.79 Å². The number of carboxylic acid groups (broad SMARTS) is 1. The van der Waals surface area contributed by atoms with Crippen LogP contribution >= 0.6 is 0 Å². The molecule has 0 unspecified atom stereocenters. The quantitative estimate of drug-likeness (QED) is 0.510. The lowest BCUT2D eigenvalue weighted by molar-refractivity contribution is -0.149. The number of hydrogen-bond donors (Lipinski definition) is 2. The summed E-state index contributed by atoms with van der Waals surface area (Å²) in [6, 6.07) is 16.3. The van der Waals surface area contributed by atoms with Crippen LogP contribution in [0.15, 0.2) is 48.5 Å². The number of hydrogen-bond acceptors (Lipinski definition) is 5. The Balaban J connectivity index is 1.52. The molecule has 2 amide bonds. The Morgan fingerprint density at radius 1 is 0.971 bits per heavy atom. The summed E-state index contributed by atoms with van der Waals surface area (Å²) in [4.78, 5) is 39.9. The van der Waals surface area contributed by atoms with Crippen LogP contribution in [0.2, 0.25) is 0 Å². The van der Waals surface area contributed by atoms with Crippen LogP contribution in [-0.4, -0.2) is 79.8 Å². The molecule has 0 heterocycles. The molecule has 0 aromatic heterocycles. The molecule has 0 atom stereocenters. The lowest BCUT2D eigenvalue weighted by atomic mass is 9.87. The summed E-state index contributed by atoms with van der Waals surface area (Å²) in [6.07, 6.45) is -0.182. The fraction of sp³-hybridized carbons (Fsp3) is 0.444. The third-order valence-electron chi connectivity index (χ3n) is 6.37. The highest BCUT2D eigenvalue weighted by molar-refractivity contribution is 5.85. The number of amides is 2. The van der Waals surface area contributed by atoms with Gasteiger partial charge in [0.15, 0.2) is 0 Å². The van der Waals surface area contributed by atoms with Gasteiger partial charge in [0.05, 0.1) is 0 Å². The van der Waals surface area contributed by atoms with Crippen LogP contribution in [0.5, 0.6) is 0 Å². The van der Waals surface area contributed by atoms with E-state index in [2.05, 4.69) is 29.6 Å². The average molecular weight is 482 g/mol. The number of alkyl carbamates (subject to hydrolysis) is 1. The van der Waals surface area contributed by atoms with Crippen molar-refractivity contribution in [3.63, 3.8) is 0 Å². The molecular weight excluding hydrogens is 446 g/mol. The summed E-state index contributed by atoms with van der Waals surface area (Å²) in [5, 5.41) is 11.9. The van der Waals surface area contributed by atoms with Crippen LogP contribution in [0, 0.1) is 5.41 Å². The van der Waals surface area contributed by atoms with Crippen LogP contribution in [0.3, 0.4) is 0 Å². The average Bonchev–Trinajstić information content (AvgIpc) is 3.13. The van der Waals surface area contributed by atoms with Gasteiger partial charge in [0, 0.05) is 31.0 Å². The Morgan fingerprint density at radius 3 is 2.09 bits per heavy atom. The number of carboxylic acids is 1. The first kappa shape index (κ1) is 26.2. The lowest BCUT2D eigenvalue weighted by Crippen LogP contribution is -2.47. The van der Waals surface area contributed by atoms with E-state index in [4.69, 9.17) is 4.74 Å². The van der Waals surface area contributed by atoms with Gasteiger partial charge in [0.1, 0.15) is 13.2 Å². The molecule has 3 rings (SSSR count). The second-order valence-corrected chi connectivity index (χ2v) is 9.81. The number of carbonyl (C=O) groups is 3. The zero-order valence-electron chi connectivity index (χ0n) is 20.9. The van der Waals surface area contributed by atoms with Crippen LogP contribution in [-0.2, 0) is 14.3 Å². The van der Waals surface area contributed by atoms with Crippen molar-refractivity contribution in [3.8, 4) is 11.1 Å². The Kier molecular flexibility index (Phi) is 8.51. The molecule has 8 heteroatoms. The van der Waals surface area contributed by atoms with Gasteiger partial charge in [-0.05, 0) is 42.8 Å². The predicted octanol–water partition coefficient (Wildman–Crippen LogP) is 3.42. The molecule has 0 aliphatic heterocycles. The smallest absolute Gasteiger partial charge is 0.407 e. The molecule has 8 nitrogen and oxygen atoms in total. The van der Waals surface area contributed by atoms with Gasteiger partial charge < -0.3 is 25.0 Å². The summed E-state index contributed by atoms with van der Waals surface area (Å²) in [5.41, 5.74) is 3.78. The fourth-order valence-electron chi connectivity index (χ4n) is 4.40. The number of carbonyl (C=O) groups excluding carboxylic acids is 2. The normalized spacial score (nSPS) is 12.7. The first-order valence-electron chi connectivity index (χ1n) is 11.8. The van der Waals surface area contributed by atoms with Crippen molar-refractivity contribution in [2.45, 2.75) is 26.2 Å². The zero-order chi connectivity index (χ0) is 25.6. The van der Waals surface area contributed by atoms with E-state index >= 15 is 0 Å². The minimum Gasteiger partial charge on any atom is -0.480 e. The van der Waals surface area contributed by atoms with E-state index in [1.54, 1.807) is 13.8 Å². The molecule has 2 N–H and O–H groups in total. The van der Waals surface area contributed by atoms with E-state index < -0.39 is 17.5 Å². The van der Waals surface area contributed by atoms with Gasteiger partial charge >= 0.3 is 12.1 Å². The van der Waals surface area contributed by atoms with Gasteiger partial charge in [-0.3, -0.25) is 9.59 Å². The summed E-state index contributed by atoms with van der Waals surface area (Å²) < 4.78 is 5.55. The van der Waals surface area contributed by atoms with Crippen molar-refractivity contribution >= 4 is 18.0 Å². The first-order chi connectivity index (χ1) is 16.6. The Hall–Kier alpha value is -3.39. The number of aliphatic carboxylic acids is 1. The van der Waals surface area contributed by atoms with Gasteiger partial charge in [-0.15, -0.1) is 0 Å². The third-order valence-corrected chi connectivity index (χ3v) is 6.37. The van der Waals surface area contributed by atoms with Gasteiger partial charge in [-0.25, -0.2) is 4.79 Å². The first-order valence-corrected chi connectivity index (χ1v) is 11.8. The fourth-order valence-corrected chi connectivity index (χ4v) is 4.40. The molecule has 0 radical (unpaired) electrons. The molecule has 35 heavy (non-hydrogen) atoms. The number of benzene rings is 2. The summed E-state index contributed by atoms with van der Waals surface area (Å²) in [7, 11) is 3.74. The topological polar surface area (TPSA) is 99.2 Å². The molecule has 0 spiro atoms. The number of rotatable bonds is 11. The minimum absolute atomic E-state index is 0.0209. The van der Waals surface area contributed by atoms with E-state index in [-0.39, 0.29) is 31.5 Å². The largest absolute Gasteiger partial charge is 0.480 e. The zero-order valence-corrected chi connectivity index (χ0v) is 20.9. The SMILES string of the molecule is CN(C)CCN(CC(=O)O)C(=O)C(C)(C)CCNC(=O)OCC1c2ccccc2-c2ccccc21. The number of likely N-dealkylation sites (N-methyl/N-ethyl adjacent to an activating group) is 1. The van der Waals surface area contributed by atoms with Crippen molar-refractivity contribution in [2.75, 3.05) is 46.9 Å². The molecule has 0 saturated carbocycles. The number of fused-ring (bicyclic) bond motifs is 3. The van der Waals surface area contributed by atoms with Crippen molar-refractivity contribution in [1.29, 1.82) is 0 Å². The Labute approximate surface area is 206 Å². The lowest BCUT2D eigenvalue weighted by Gasteiger charge is -2.31. The highest BCUT2D eigenvalue weighted by atomic mass is 16.5. The molecular formula is C27H35N3O5. The van der Waals surface area contributed by atoms with Gasteiger partial charge in [0.2, 0.25) is 5.91 Å². The molecule has 0 fully saturated rings. The van der Waals surface area contributed by atoms with Crippen LogP contribution in [0.1, 0.15) is 37.3 Å². The molecule has 2 aromatic carbocycles. The van der Waals surface area contributed by atoms with E-state index in [0.29, 0.717) is 19.5 Å². The Bertz CT molecular complexity index is 1020. The molecule has 1 aliphatic carbocycles. The monoisotopic (exact) mass is 481 g/mol. The highest BCUT2D eigenvalue weighted by Crippen LogP contribution is 2.44. The van der Waals surface area contributed by atoms with Gasteiger partial charge in [-0.2, -0.15) is 0 Å². The maximum absolute atomic E-state index is 13.0. The van der Waals surface area contributed by atoms with Crippen molar-refractivity contribution < 1.29 is 24.2 Å². The van der Waals surface area contributed by atoms with Crippen LogP contribution in [0.25, 0.3) is 11.1 Å². The highest BCUT2D eigenvalue weighted by Gasteiger charge is 2.33. The number of ether oxygens (including phenoxy) is 1.